The number of piperazine rings is 1. The van der Waals surface area contributed by atoms with Gasteiger partial charge in [0.2, 0.25) is 11.8 Å². The van der Waals surface area contributed by atoms with Gasteiger partial charge in [0.25, 0.3) is 0 Å². The third kappa shape index (κ3) is 3.22. The Morgan fingerprint density at radius 3 is 2.86 bits per heavy atom. The van der Waals surface area contributed by atoms with Gasteiger partial charge in [0, 0.05) is 6.54 Å². The molecule has 1 N–H and O–H groups in total. The largest absolute Gasteiger partial charge is 0.345 e. The molecule has 7 heteroatoms. The fraction of sp³-hybridized carbons (Fsp3) is 0.714. The topological polar surface area (TPSA) is 80.1 Å². The smallest absolute Gasteiger partial charge is 0.243 e. The molecule has 1 aromatic rings. The SMILES string of the molecule is CCCn1ncnc1CN1C(=O)CNC(=O)C1C(C)CC. The number of nitrogens with zero attached hydrogens (tertiary/aromatic N) is 4. The number of carbonyl (C=O) groups excluding carboxylic acids is 2. The summed E-state index contributed by atoms with van der Waals surface area (Å²) in [5.74, 6) is 0.696. The van der Waals surface area contributed by atoms with E-state index in [4.69, 9.17) is 0 Å². The van der Waals surface area contributed by atoms with Gasteiger partial charge in [-0.3, -0.25) is 9.59 Å². The Labute approximate surface area is 124 Å². The predicted molar refractivity (Wildman–Crippen MR) is 77.1 cm³/mol. The summed E-state index contributed by atoms with van der Waals surface area (Å²) in [5, 5.41) is 6.85. The summed E-state index contributed by atoms with van der Waals surface area (Å²) in [7, 11) is 0. The second kappa shape index (κ2) is 6.69. The van der Waals surface area contributed by atoms with E-state index in [2.05, 4.69) is 22.3 Å². The molecule has 7 nitrogen and oxygen atoms in total. The molecule has 21 heavy (non-hydrogen) atoms. The lowest BCUT2D eigenvalue weighted by Crippen LogP contribution is -2.60. The third-order valence-electron chi connectivity index (χ3n) is 3.96. The van der Waals surface area contributed by atoms with Crippen LogP contribution in [0.5, 0.6) is 0 Å². The van der Waals surface area contributed by atoms with Crippen molar-refractivity contribution >= 4 is 11.8 Å². The second-order valence-electron chi connectivity index (χ2n) is 5.47. The lowest BCUT2D eigenvalue weighted by Gasteiger charge is -2.37. The molecule has 1 aromatic heterocycles. The molecule has 1 aliphatic rings. The Morgan fingerprint density at radius 1 is 1.43 bits per heavy atom. The normalized spacial score (nSPS) is 20.5. The summed E-state index contributed by atoms with van der Waals surface area (Å²) >= 11 is 0. The zero-order chi connectivity index (χ0) is 15.4. The first-order valence-electron chi connectivity index (χ1n) is 7.52. The van der Waals surface area contributed by atoms with Crippen molar-refractivity contribution < 1.29 is 9.59 Å². The fourth-order valence-electron chi connectivity index (χ4n) is 2.60. The van der Waals surface area contributed by atoms with E-state index in [1.54, 1.807) is 9.58 Å². The van der Waals surface area contributed by atoms with Crippen LogP contribution in [-0.4, -0.2) is 44.1 Å². The van der Waals surface area contributed by atoms with Crippen LogP contribution in [0.1, 0.15) is 39.4 Å². The summed E-state index contributed by atoms with van der Waals surface area (Å²) in [4.78, 5) is 30.2. The van der Waals surface area contributed by atoms with E-state index in [0.29, 0.717) is 6.54 Å². The Hall–Kier alpha value is -1.92. The van der Waals surface area contributed by atoms with Crippen molar-refractivity contribution in [1.29, 1.82) is 0 Å². The van der Waals surface area contributed by atoms with Crippen molar-refractivity contribution in [3.63, 3.8) is 0 Å². The highest BCUT2D eigenvalue weighted by Crippen LogP contribution is 2.20. The highest BCUT2D eigenvalue weighted by Gasteiger charge is 2.38. The van der Waals surface area contributed by atoms with Gasteiger partial charge in [-0.1, -0.05) is 27.2 Å². The van der Waals surface area contributed by atoms with Gasteiger partial charge in [0.1, 0.15) is 18.2 Å². The molecule has 0 saturated carbocycles. The molecule has 2 unspecified atom stereocenters. The Balaban J connectivity index is 2.22. The molecule has 1 fully saturated rings. The zero-order valence-corrected chi connectivity index (χ0v) is 12.9. The average Bonchev–Trinajstić information content (AvgIpc) is 2.90. The number of rotatable bonds is 6. The number of aryl methyl sites for hydroxylation is 1. The first kappa shape index (κ1) is 15.5. The molecule has 2 heterocycles. The molecular formula is C14H23N5O2. The quantitative estimate of drug-likeness (QED) is 0.831. The minimum Gasteiger partial charge on any atom is -0.345 e. The van der Waals surface area contributed by atoms with Crippen molar-refractivity contribution in [2.24, 2.45) is 5.92 Å². The second-order valence-corrected chi connectivity index (χ2v) is 5.47. The van der Waals surface area contributed by atoms with Gasteiger partial charge in [-0.2, -0.15) is 5.10 Å². The van der Waals surface area contributed by atoms with E-state index >= 15 is 0 Å². The average molecular weight is 293 g/mol. The first-order valence-corrected chi connectivity index (χ1v) is 7.52. The fourth-order valence-corrected chi connectivity index (χ4v) is 2.60. The summed E-state index contributed by atoms with van der Waals surface area (Å²) in [6, 6.07) is -0.428. The maximum atomic E-state index is 12.2. The Bertz CT molecular complexity index is 513. The predicted octanol–water partition coefficient (Wildman–Crippen LogP) is 0.561. The van der Waals surface area contributed by atoms with Crippen LogP contribution in [0.15, 0.2) is 6.33 Å². The minimum atomic E-state index is -0.428. The van der Waals surface area contributed by atoms with Gasteiger partial charge >= 0.3 is 0 Å². The van der Waals surface area contributed by atoms with E-state index in [0.717, 1.165) is 25.2 Å². The standard InChI is InChI=1S/C14H23N5O2/c1-4-6-19-11(16-9-17-19)8-18-12(20)7-15-14(21)13(18)10(3)5-2/h9-10,13H,4-8H2,1-3H3,(H,15,21). The number of hydrogen-bond donors (Lipinski definition) is 1. The number of aromatic nitrogens is 3. The molecule has 1 saturated heterocycles. The molecule has 1 aliphatic heterocycles. The molecule has 116 valence electrons. The maximum absolute atomic E-state index is 12.2. The molecule has 2 atom stereocenters. The summed E-state index contributed by atoms with van der Waals surface area (Å²) in [6.07, 6.45) is 3.28. The van der Waals surface area contributed by atoms with Gasteiger partial charge in [0.15, 0.2) is 0 Å². The van der Waals surface area contributed by atoms with Crippen molar-refractivity contribution in [2.75, 3.05) is 6.54 Å². The van der Waals surface area contributed by atoms with Crippen LogP contribution in [0, 0.1) is 5.92 Å². The Kier molecular flexibility index (Phi) is 4.93. The monoisotopic (exact) mass is 293 g/mol. The number of amides is 2. The molecule has 0 bridgehead atoms. The van der Waals surface area contributed by atoms with Crippen LogP contribution in [0.3, 0.4) is 0 Å². The van der Waals surface area contributed by atoms with Gasteiger partial charge in [-0.15, -0.1) is 0 Å². The molecule has 0 radical (unpaired) electrons. The molecule has 0 aromatic carbocycles. The van der Waals surface area contributed by atoms with Gasteiger partial charge < -0.3 is 10.2 Å². The van der Waals surface area contributed by atoms with Crippen molar-refractivity contribution in [3.05, 3.63) is 12.2 Å². The number of hydrogen-bond acceptors (Lipinski definition) is 4. The van der Waals surface area contributed by atoms with Gasteiger partial charge in [-0.25, -0.2) is 9.67 Å². The first-order chi connectivity index (χ1) is 10.1. The lowest BCUT2D eigenvalue weighted by molar-refractivity contribution is -0.148. The highest BCUT2D eigenvalue weighted by atomic mass is 16.2. The van der Waals surface area contributed by atoms with Crippen LogP contribution in [-0.2, 0) is 22.7 Å². The van der Waals surface area contributed by atoms with Crippen molar-refractivity contribution in [2.45, 2.75) is 52.7 Å². The van der Waals surface area contributed by atoms with Crippen LogP contribution in [0.2, 0.25) is 0 Å². The van der Waals surface area contributed by atoms with E-state index < -0.39 is 6.04 Å². The van der Waals surface area contributed by atoms with Crippen molar-refractivity contribution in [1.82, 2.24) is 25.0 Å². The van der Waals surface area contributed by atoms with E-state index in [1.807, 2.05) is 13.8 Å². The molecule has 2 rings (SSSR count). The lowest BCUT2D eigenvalue weighted by atomic mass is 9.95. The number of nitrogens with one attached hydrogen (secondary N) is 1. The van der Waals surface area contributed by atoms with Gasteiger partial charge in [-0.05, 0) is 12.3 Å². The summed E-state index contributed by atoms with van der Waals surface area (Å²) in [6.45, 7) is 7.24. The summed E-state index contributed by atoms with van der Waals surface area (Å²) in [5.41, 5.74) is 0. The van der Waals surface area contributed by atoms with Crippen LogP contribution < -0.4 is 5.32 Å². The molecule has 0 aliphatic carbocycles. The van der Waals surface area contributed by atoms with E-state index in [1.165, 1.54) is 6.33 Å². The van der Waals surface area contributed by atoms with Crippen LogP contribution >= 0.6 is 0 Å². The number of carbonyl (C=O) groups is 2. The van der Waals surface area contributed by atoms with E-state index in [9.17, 15) is 9.59 Å². The third-order valence-corrected chi connectivity index (χ3v) is 3.96. The highest BCUT2D eigenvalue weighted by molar-refractivity contribution is 5.94. The van der Waals surface area contributed by atoms with Gasteiger partial charge in [0.05, 0.1) is 13.1 Å². The van der Waals surface area contributed by atoms with Crippen molar-refractivity contribution in [3.8, 4) is 0 Å². The minimum absolute atomic E-state index is 0.0632. The zero-order valence-electron chi connectivity index (χ0n) is 12.9. The van der Waals surface area contributed by atoms with Crippen LogP contribution in [0.4, 0.5) is 0 Å². The molecular weight excluding hydrogens is 270 g/mol. The molecule has 0 spiro atoms. The summed E-state index contributed by atoms with van der Waals surface area (Å²) < 4.78 is 1.80. The van der Waals surface area contributed by atoms with E-state index in [-0.39, 0.29) is 24.3 Å². The maximum Gasteiger partial charge on any atom is 0.243 e. The molecule has 2 amide bonds. The Morgan fingerprint density at radius 2 is 2.19 bits per heavy atom. The van der Waals surface area contributed by atoms with Crippen LogP contribution in [0.25, 0.3) is 0 Å².